The Morgan fingerprint density at radius 2 is 2.05 bits per heavy atom. The number of amides is 1. The summed E-state index contributed by atoms with van der Waals surface area (Å²) in [5.41, 5.74) is 4.51. The number of halogens is 3. The molecule has 1 aromatic carbocycles. The van der Waals surface area contributed by atoms with Crippen molar-refractivity contribution in [3.8, 4) is 0 Å². The molecule has 0 saturated heterocycles. The molecule has 1 aromatic rings. The van der Waals surface area contributed by atoms with Crippen LogP contribution in [0.4, 0.5) is 24.5 Å². The molecule has 4 nitrogen and oxygen atoms in total. The molecule has 0 spiro atoms. The first-order valence-electron chi connectivity index (χ1n) is 6.32. The van der Waals surface area contributed by atoms with Crippen LogP contribution >= 0.6 is 0 Å². The minimum absolute atomic E-state index is 0.0357. The van der Waals surface area contributed by atoms with Gasteiger partial charge in [-0.25, -0.2) is 0 Å². The van der Waals surface area contributed by atoms with Crippen LogP contribution in [0.25, 0.3) is 0 Å². The standard InChI is InChI=1S/C13H16F3N3O/c1-2-18-11(20)8-3-4-10(9(17)7-8)19-12(5-6-12)13(14,15)16/h3-4,7,19H,2,5-6,17H2,1H3,(H,18,20). The normalized spacial score (nSPS) is 16.6. The van der Waals surface area contributed by atoms with Gasteiger partial charge >= 0.3 is 6.18 Å². The maximum Gasteiger partial charge on any atom is 0.411 e. The van der Waals surface area contributed by atoms with Gasteiger partial charge < -0.3 is 16.4 Å². The lowest BCUT2D eigenvalue weighted by Gasteiger charge is -2.23. The van der Waals surface area contributed by atoms with Crippen molar-refractivity contribution >= 4 is 17.3 Å². The Hall–Kier alpha value is -1.92. The topological polar surface area (TPSA) is 67.2 Å². The first-order chi connectivity index (χ1) is 9.29. The molecular formula is C13H16F3N3O. The lowest BCUT2D eigenvalue weighted by molar-refractivity contribution is -0.151. The van der Waals surface area contributed by atoms with E-state index < -0.39 is 11.7 Å². The van der Waals surface area contributed by atoms with Crippen LogP contribution in [0.3, 0.4) is 0 Å². The summed E-state index contributed by atoms with van der Waals surface area (Å²) in [6.45, 7) is 2.24. The van der Waals surface area contributed by atoms with Crippen LogP contribution in [0.5, 0.6) is 0 Å². The van der Waals surface area contributed by atoms with E-state index in [1.165, 1.54) is 18.2 Å². The number of rotatable bonds is 4. The molecule has 1 saturated carbocycles. The number of anilines is 2. The summed E-state index contributed by atoms with van der Waals surface area (Å²) in [5.74, 6) is -0.303. The quantitative estimate of drug-likeness (QED) is 0.745. The van der Waals surface area contributed by atoms with Crippen molar-refractivity contribution in [1.82, 2.24) is 5.32 Å². The van der Waals surface area contributed by atoms with E-state index in [0.717, 1.165) is 0 Å². The van der Waals surface area contributed by atoms with E-state index in [-0.39, 0.29) is 30.1 Å². The van der Waals surface area contributed by atoms with Gasteiger partial charge in [0.15, 0.2) is 0 Å². The maximum atomic E-state index is 12.9. The highest BCUT2D eigenvalue weighted by atomic mass is 19.4. The Balaban J connectivity index is 2.17. The molecule has 2 rings (SSSR count). The van der Waals surface area contributed by atoms with Gasteiger partial charge in [-0.05, 0) is 38.0 Å². The molecule has 0 atom stereocenters. The molecule has 0 aromatic heterocycles. The minimum Gasteiger partial charge on any atom is -0.397 e. The van der Waals surface area contributed by atoms with Gasteiger partial charge in [-0.3, -0.25) is 4.79 Å². The zero-order chi connectivity index (χ0) is 15.0. The summed E-state index contributed by atoms with van der Waals surface area (Å²) in [4.78, 5) is 11.6. The third-order valence-electron chi connectivity index (χ3n) is 3.32. The van der Waals surface area contributed by atoms with Crippen LogP contribution in [0, 0.1) is 0 Å². The Bertz CT molecular complexity index is 524. The Morgan fingerprint density at radius 3 is 2.50 bits per heavy atom. The number of carbonyl (C=O) groups excluding carboxylic acids is 1. The van der Waals surface area contributed by atoms with Crippen LogP contribution in [0.15, 0.2) is 18.2 Å². The van der Waals surface area contributed by atoms with Crippen molar-refractivity contribution in [1.29, 1.82) is 0 Å². The monoisotopic (exact) mass is 287 g/mol. The van der Waals surface area contributed by atoms with Crippen molar-refractivity contribution in [2.75, 3.05) is 17.6 Å². The number of carbonyl (C=O) groups is 1. The van der Waals surface area contributed by atoms with Crippen molar-refractivity contribution < 1.29 is 18.0 Å². The van der Waals surface area contributed by atoms with Crippen LogP contribution < -0.4 is 16.4 Å². The SMILES string of the molecule is CCNC(=O)c1ccc(NC2(C(F)(F)F)CC2)c(N)c1. The van der Waals surface area contributed by atoms with Crippen molar-refractivity contribution in [2.24, 2.45) is 0 Å². The molecule has 0 radical (unpaired) electrons. The van der Waals surface area contributed by atoms with E-state index in [0.29, 0.717) is 12.1 Å². The van der Waals surface area contributed by atoms with E-state index in [9.17, 15) is 18.0 Å². The molecule has 110 valence electrons. The largest absolute Gasteiger partial charge is 0.411 e. The molecule has 0 aliphatic heterocycles. The second-order valence-electron chi connectivity index (χ2n) is 4.87. The Labute approximate surface area is 114 Å². The lowest BCUT2D eigenvalue weighted by atomic mass is 10.1. The summed E-state index contributed by atoms with van der Waals surface area (Å²) < 4.78 is 38.6. The van der Waals surface area contributed by atoms with E-state index in [1.54, 1.807) is 6.92 Å². The van der Waals surface area contributed by atoms with Gasteiger partial charge in [-0.15, -0.1) is 0 Å². The van der Waals surface area contributed by atoms with Crippen LogP contribution in [0.2, 0.25) is 0 Å². The summed E-state index contributed by atoms with van der Waals surface area (Å²) in [6.07, 6.45) is -4.24. The molecule has 1 aliphatic rings. The number of nitrogens with two attached hydrogens (primary N) is 1. The van der Waals surface area contributed by atoms with E-state index in [1.807, 2.05) is 0 Å². The average Bonchev–Trinajstić information content (AvgIpc) is 3.12. The third-order valence-corrected chi connectivity index (χ3v) is 3.32. The smallest absolute Gasteiger partial charge is 0.397 e. The zero-order valence-corrected chi connectivity index (χ0v) is 11.0. The second kappa shape index (κ2) is 4.88. The van der Waals surface area contributed by atoms with Gasteiger partial charge in [0.25, 0.3) is 5.91 Å². The highest BCUT2D eigenvalue weighted by Gasteiger charge is 2.63. The molecule has 4 N–H and O–H groups in total. The highest BCUT2D eigenvalue weighted by Crippen LogP contribution is 2.51. The number of hydrogen-bond acceptors (Lipinski definition) is 3. The molecule has 0 unspecified atom stereocenters. The predicted octanol–water partition coefficient (Wildman–Crippen LogP) is 2.53. The number of nitrogen functional groups attached to an aromatic ring is 1. The van der Waals surface area contributed by atoms with Gasteiger partial charge in [-0.2, -0.15) is 13.2 Å². The van der Waals surface area contributed by atoms with Gasteiger partial charge in [0.1, 0.15) is 5.54 Å². The van der Waals surface area contributed by atoms with Crippen LogP contribution in [-0.4, -0.2) is 24.2 Å². The summed E-state index contributed by atoms with van der Waals surface area (Å²) in [7, 11) is 0. The number of hydrogen-bond donors (Lipinski definition) is 3. The molecule has 0 heterocycles. The van der Waals surface area contributed by atoms with Crippen LogP contribution in [-0.2, 0) is 0 Å². The molecule has 7 heteroatoms. The fourth-order valence-electron chi connectivity index (χ4n) is 1.94. The molecule has 1 amide bonds. The molecule has 20 heavy (non-hydrogen) atoms. The molecule has 0 bridgehead atoms. The van der Waals surface area contributed by atoms with Gasteiger partial charge in [0.2, 0.25) is 0 Å². The summed E-state index contributed by atoms with van der Waals surface area (Å²) in [6, 6.07) is 4.24. The van der Waals surface area contributed by atoms with Gasteiger partial charge in [0.05, 0.1) is 11.4 Å². The molecule has 1 fully saturated rings. The Morgan fingerprint density at radius 1 is 1.40 bits per heavy atom. The number of alkyl halides is 3. The van der Waals surface area contributed by atoms with Gasteiger partial charge in [0, 0.05) is 12.1 Å². The third kappa shape index (κ3) is 2.66. The van der Waals surface area contributed by atoms with Crippen LogP contribution in [0.1, 0.15) is 30.1 Å². The first-order valence-corrected chi connectivity index (χ1v) is 6.32. The Kier molecular flexibility index (Phi) is 3.54. The molecular weight excluding hydrogens is 271 g/mol. The maximum absolute atomic E-state index is 12.9. The molecule has 1 aliphatic carbocycles. The number of nitrogens with one attached hydrogen (secondary N) is 2. The van der Waals surface area contributed by atoms with Crippen molar-refractivity contribution in [3.63, 3.8) is 0 Å². The average molecular weight is 287 g/mol. The summed E-state index contributed by atoms with van der Waals surface area (Å²) >= 11 is 0. The van der Waals surface area contributed by atoms with E-state index in [2.05, 4.69) is 10.6 Å². The van der Waals surface area contributed by atoms with Crippen molar-refractivity contribution in [2.45, 2.75) is 31.5 Å². The van der Waals surface area contributed by atoms with E-state index in [4.69, 9.17) is 5.73 Å². The van der Waals surface area contributed by atoms with Gasteiger partial charge in [-0.1, -0.05) is 0 Å². The van der Waals surface area contributed by atoms with Crippen molar-refractivity contribution in [3.05, 3.63) is 23.8 Å². The fraction of sp³-hybridized carbons (Fsp3) is 0.462. The summed E-state index contributed by atoms with van der Waals surface area (Å²) in [5, 5.41) is 5.05. The fourth-order valence-corrected chi connectivity index (χ4v) is 1.94. The minimum atomic E-state index is -4.31. The zero-order valence-electron chi connectivity index (χ0n) is 11.0. The second-order valence-corrected chi connectivity index (χ2v) is 4.87. The number of benzene rings is 1. The van der Waals surface area contributed by atoms with E-state index >= 15 is 0 Å². The predicted molar refractivity (Wildman–Crippen MR) is 70.5 cm³/mol. The highest BCUT2D eigenvalue weighted by molar-refractivity contribution is 5.96. The lowest BCUT2D eigenvalue weighted by Crippen LogP contribution is -2.38. The first kappa shape index (κ1) is 14.5.